The van der Waals surface area contributed by atoms with Gasteiger partial charge in [-0.3, -0.25) is 10.1 Å². The van der Waals surface area contributed by atoms with E-state index in [9.17, 15) is 15.2 Å². The molecule has 1 fully saturated rings. The molecule has 0 amide bonds. The molecular weight excluding hydrogens is 264 g/mol. The number of aliphatic hydroxyl groups is 1. The second kappa shape index (κ2) is 6.65. The van der Waals surface area contributed by atoms with Gasteiger partial charge in [-0.25, -0.2) is 0 Å². The molecule has 2 N–H and O–H groups in total. The number of benzene rings is 1. The number of hydrogen-bond donors (Lipinski definition) is 2. The summed E-state index contributed by atoms with van der Waals surface area (Å²) < 4.78 is 10.6. The Morgan fingerprint density at radius 2 is 2.20 bits per heavy atom. The van der Waals surface area contributed by atoms with Crippen molar-refractivity contribution in [2.45, 2.75) is 12.0 Å². The summed E-state index contributed by atoms with van der Waals surface area (Å²) in [7, 11) is 0. The van der Waals surface area contributed by atoms with Crippen LogP contribution in [0.25, 0.3) is 0 Å². The molecule has 0 bridgehead atoms. The second-order valence-electron chi connectivity index (χ2n) is 4.80. The van der Waals surface area contributed by atoms with Crippen molar-refractivity contribution < 1.29 is 19.5 Å². The average molecular weight is 282 g/mol. The van der Waals surface area contributed by atoms with E-state index in [-0.39, 0.29) is 5.69 Å². The molecule has 20 heavy (non-hydrogen) atoms. The summed E-state index contributed by atoms with van der Waals surface area (Å²) in [6, 6.07) is 5.94. The van der Waals surface area contributed by atoms with Gasteiger partial charge in [-0.05, 0) is 12.1 Å². The first kappa shape index (κ1) is 14.7. The van der Waals surface area contributed by atoms with E-state index in [1.807, 2.05) is 0 Å². The maximum absolute atomic E-state index is 10.5. The highest BCUT2D eigenvalue weighted by Crippen LogP contribution is 2.18. The number of non-ortho nitro benzene ring substituents is 1. The fourth-order valence-corrected chi connectivity index (χ4v) is 1.96. The van der Waals surface area contributed by atoms with Crippen LogP contribution >= 0.6 is 0 Å². The Labute approximate surface area is 116 Å². The van der Waals surface area contributed by atoms with Gasteiger partial charge in [-0.2, -0.15) is 0 Å². The van der Waals surface area contributed by atoms with E-state index in [1.54, 1.807) is 12.1 Å². The van der Waals surface area contributed by atoms with E-state index >= 15 is 0 Å². The standard InChI is InChI=1S/C13H18N2O5/c16-13(5-7-19-10-13)9-14-6-8-20-12-3-1-11(2-4-12)15(17)18/h1-4,14,16H,5-10H2. The maximum atomic E-state index is 10.5. The van der Waals surface area contributed by atoms with Crippen molar-refractivity contribution in [3.63, 3.8) is 0 Å². The van der Waals surface area contributed by atoms with E-state index in [0.717, 1.165) is 0 Å². The number of nitrogens with one attached hydrogen (secondary N) is 1. The van der Waals surface area contributed by atoms with Crippen LogP contribution in [-0.4, -0.2) is 48.5 Å². The van der Waals surface area contributed by atoms with Crippen molar-refractivity contribution in [2.75, 3.05) is 32.9 Å². The topological polar surface area (TPSA) is 93.9 Å². The molecule has 1 unspecified atom stereocenters. The largest absolute Gasteiger partial charge is 0.492 e. The Kier molecular flexibility index (Phi) is 4.89. The molecule has 1 aromatic rings. The van der Waals surface area contributed by atoms with Crippen molar-refractivity contribution in [3.8, 4) is 5.75 Å². The van der Waals surface area contributed by atoms with Gasteiger partial charge in [0.05, 0.1) is 11.5 Å². The molecule has 1 heterocycles. The molecule has 0 saturated carbocycles. The first-order chi connectivity index (χ1) is 9.59. The highest BCUT2D eigenvalue weighted by atomic mass is 16.6. The fourth-order valence-electron chi connectivity index (χ4n) is 1.96. The third-order valence-corrected chi connectivity index (χ3v) is 3.13. The highest BCUT2D eigenvalue weighted by Gasteiger charge is 2.31. The monoisotopic (exact) mass is 282 g/mol. The molecule has 0 radical (unpaired) electrons. The molecule has 0 spiro atoms. The van der Waals surface area contributed by atoms with Gasteiger partial charge in [-0.15, -0.1) is 0 Å². The minimum absolute atomic E-state index is 0.0407. The summed E-state index contributed by atoms with van der Waals surface area (Å²) in [5, 5.41) is 23.6. The molecule has 2 rings (SSSR count). The molecule has 1 aromatic carbocycles. The van der Waals surface area contributed by atoms with Crippen LogP contribution in [0.1, 0.15) is 6.42 Å². The van der Waals surface area contributed by atoms with Gasteiger partial charge in [0.1, 0.15) is 18.0 Å². The zero-order valence-electron chi connectivity index (χ0n) is 11.1. The SMILES string of the molecule is O=[N+]([O-])c1ccc(OCCNCC2(O)CCOC2)cc1. The zero-order chi connectivity index (χ0) is 14.4. The average Bonchev–Trinajstić information content (AvgIpc) is 2.86. The van der Waals surface area contributed by atoms with Gasteiger partial charge in [0.2, 0.25) is 0 Å². The second-order valence-corrected chi connectivity index (χ2v) is 4.80. The number of nitro benzene ring substituents is 1. The molecule has 7 nitrogen and oxygen atoms in total. The lowest BCUT2D eigenvalue weighted by atomic mass is 10.0. The van der Waals surface area contributed by atoms with Crippen LogP contribution in [0.2, 0.25) is 0 Å². The summed E-state index contributed by atoms with van der Waals surface area (Å²) >= 11 is 0. The van der Waals surface area contributed by atoms with Gasteiger partial charge in [0.25, 0.3) is 5.69 Å². The predicted octanol–water partition coefficient (Wildman–Crippen LogP) is 0.715. The minimum Gasteiger partial charge on any atom is -0.492 e. The van der Waals surface area contributed by atoms with Gasteiger partial charge in [-0.1, -0.05) is 0 Å². The first-order valence-electron chi connectivity index (χ1n) is 6.47. The van der Waals surface area contributed by atoms with Crippen LogP contribution < -0.4 is 10.1 Å². The van der Waals surface area contributed by atoms with Gasteiger partial charge < -0.3 is 19.9 Å². The zero-order valence-corrected chi connectivity index (χ0v) is 11.1. The van der Waals surface area contributed by atoms with Gasteiger partial charge in [0, 0.05) is 38.2 Å². The lowest BCUT2D eigenvalue weighted by Crippen LogP contribution is -2.42. The lowest BCUT2D eigenvalue weighted by molar-refractivity contribution is -0.384. The fraction of sp³-hybridized carbons (Fsp3) is 0.538. The molecule has 0 aromatic heterocycles. The minimum atomic E-state index is -0.770. The van der Waals surface area contributed by atoms with Crippen LogP contribution in [0.3, 0.4) is 0 Å². The Hall–Kier alpha value is -1.70. The van der Waals surface area contributed by atoms with Crippen LogP contribution in [0.5, 0.6) is 5.75 Å². The quantitative estimate of drug-likeness (QED) is 0.434. The molecule has 1 aliphatic rings. The van der Waals surface area contributed by atoms with Crippen molar-refractivity contribution in [2.24, 2.45) is 0 Å². The summed E-state index contributed by atoms with van der Waals surface area (Å²) in [6.45, 7) is 2.44. The summed E-state index contributed by atoms with van der Waals surface area (Å²) in [5.41, 5.74) is -0.730. The molecule has 1 aliphatic heterocycles. The summed E-state index contributed by atoms with van der Waals surface area (Å²) in [4.78, 5) is 10.0. The van der Waals surface area contributed by atoms with Crippen LogP contribution in [-0.2, 0) is 4.74 Å². The Bertz CT molecular complexity index is 443. The smallest absolute Gasteiger partial charge is 0.269 e. The number of nitro groups is 1. The van der Waals surface area contributed by atoms with Crippen molar-refractivity contribution in [1.29, 1.82) is 0 Å². The third-order valence-electron chi connectivity index (χ3n) is 3.13. The summed E-state index contributed by atoms with van der Waals surface area (Å²) in [5.74, 6) is 0.584. The Morgan fingerprint density at radius 3 is 2.80 bits per heavy atom. The van der Waals surface area contributed by atoms with E-state index in [2.05, 4.69) is 5.32 Å². The number of ether oxygens (including phenoxy) is 2. The lowest BCUT2D eigenvalue weighted by Gasteiger charge is -2.20. The Balaban J connectivity index is 1.64. The summed E-state index contributed by atoms with van der Waals surface area (Å²) in [6.07, 6.45) is 0.642. The molecular formula is C13H18N2O5. The van der Waals surface area contributed by atoms with Gasteiger partial charge >= 0.3 is 0 Å². The van der Waals surface area contributed by atoms with Gasteiger partial charge in [0.15, 0.2) is 0 Å². The number of rotatable bonds is 7. The predicted molar refractivity (Wildman–Crippen MR) is 71.8 cm³/mol. The van der Waals surface area contributed by atoms with E-state index in [0.29, 0.717) is 45.1 Å². The number of nitrogens with zero attached hydrogens (tertiary/aromatic N) is 1. The molecule has 7 heteroatoms. The van der Waals surface area contributed by atoms with E-state index in [4.69, 9.17) is 9.47 Å². The molecule has 110 valence electrons. The van der Waals surface area contributed by atoms with Crippen LogP contribution in [0.4, 0.5) is 5.69 Å². The van der Waals surface area contributed by atoms with E-state index < -0.39 is 10.5 Å². The van der Waals surface area contributed by atoms with Crippen LogP contribution in [0.15, 0.2) is 24.3 Å². The van der Waals surface area contributed by atoms with Crippen molar-refractivity contribution >= 4 is 5.69 Å². The first-order valence-corrected chi connectivity index (χ1v) is 6.47. The molecule has 0 aliphatic carbocycles. The third kappa shape index (κ3) is 4.16. The van der Waals surface area contributed by atoms with Crippen molar-refractivity contribution in [3.05, 3.63) is 34.4 Å². The molecule has 1 saturated heterocycles. The van der Waals surface area contributed by atoms with E-state index in [1.165, 1.54) is 12.1 Å². The van der Waals surface area contributed by atoms with Crippen LogP contribution in [0, 0.1) is 10.1 Å². The highest BCUT2D eigenvalue weighted by molar-refractivity contribution is 5.35. The number of hydrogen-bond acceptors (Lipinski definition) is 6. The normalized spacial score (nSPS) is 21.9. The maximum Gasteiger partial charge on any atom is 0.269 e. The molecule has 1 atom stereocenters. The Morgan fingerprint density at radius 1 is 1.45 bits per heavy atom. The van der Waals surface area contributed by atoms with Crippen molar-refractivity contribution in [1.82, 2.24) is 5.32 Å².